The average molecular weight is 606 g/mol. The zero-order chi connectivity index (χ0) is 30.9. The molecule has 0 saturated heterocycles. The summed E-state index contributed by atoms with van der Waals surface area (Å²) in [4.78, 5) is 14.5. The molecule has 3 aromatic rings. The van der Waals surface area contributed by atoms with E-state index in [1.165, 1.54) is 36.4 Å². The quantitative estimate of drug-likeness (QED) is 0.292. The Kier molecular flexibility index (Phi) is 9.12. The molecule has 0 aliphatic heterocycles. The molecule has 0 spiro atoms. The minimum absolute atomic E-state index is 0.0757. The maximum atomic E-state index is 13.7. The van der Waals surface area contributed by atoms with Crippen molar-refractivity contribution in [1.82, 2.24) is 14.6 Å². The number of aromatic nitrogens is 1. The molecule has 226 valence electrons. The first-order valence-electron chi connectivity index (χ1n) is 13.4. The van der Waals surface area contributed by atoms with Gasteiger partial charge in [0, 0.05) is 31.2 Å². The fraction of sp³-hybridized carbons (Fsp3) is 0.400. The first-order valence-corrected chi connectivity index (χ1v) is 14.9. The predicted octanol–water partition coefficient (Wildman–Crippen LogP) is 4.62. The number of benzene rings is 2. The summed E-state index contributed by atoms with van der Waals surface area (Å²) in [6, 6.07) is 14.3. The number of carboxylic acids is 1. The molecular weight excluding hydrogens is 571 g/mol. The molecule has 4 rings (SSSR count). The molecule has 1 heterocycles. The number of hydrogen-bond donors (Lipinski definition) is 3. The van der Waals surface area contributed by atoms with Crippen LogP contribution in [0.15, 0.2) is 65.6 Å². The Morgan fingerprint density at radius 1 is 1.07 bits per heavy atom. The summed E-state index contributed by atoms with van der Waals surface area (Å²) in [5, 5.41) is 23.2. The van der Waals surface area contributed by atoms with Crippen LogP contribution in [0.4, 0.5) is 13.2 Å². The van der Waals surface area contributed by atoms with E-state index in [2.05, 4.69) is 22.4 Å². The molecule has 1 atom stereocenters. The van der Waals surface area contributed by atoms with Crippen LogP contribution in [-0.4, -0.2) is 65.7 Å². The average Bonchev–Trinajstić information content (AvgIpc) is 3.32. The molecule has 1 aliphatic rings. The molecule has 12 heteroatoms. The molecule has 8 nitrogen and oxygen atoms in total. The molecule has 1 aliphatic carbocycles. The van der Waals surface area contributed by atoms with Gasteiger partial charge in [0.1, 0.15) is 5.69 Å². The molecule has 3 N–H and O–H groups in total. The Hall–Kier alpha value is -3.32. The van der Waals surface area contributed by atoms with E-state index in [1.54, 1.807) is 0 Å². The van der Waals surface area contributed by atoms with Gasteiger partial charge in [0.05, 0.1) is 22.3 Å². The van der Waals surface area contributed by atoms with Gasteiger partial charge < -0.3 is 15.5 Å². The summed E-state index contributed by atoms with van der Waals surface area (Å²) in [7, 11) is -3.29. The van der Waals surface area contributed by atoms with Crippen molar-refractivity contribution in [3.8, 4) is 11.3 Å². The molecular formula is C30H34F3N3O5S. The van der Waals surface area contributed by atoms with Crippen LogP contribution in [0.3, 0.4) is 0 Å². The third kappa shape index (κ3) is 7.54. The number of alkyl halides is 3. The topological polar surface area (TPSA) is 120 Å². The largest absolute Gasteiger partial charge is 0.477 e. The number of rotatable bonds is 11. The molecule has 1 unspecified atom stereocenters. The lowest BCUT2D eigenvalue weighted by Crippen LogP contribution is -2.47. The Bertz CT molecular complexity index is 1530. The molecule has 0 saturated carbocycles. The van der Waals surface area contributed by atoms with Crippen molar-refractivity contribution >= 4 is 16.0 Å². The first kappa shape index (κ1) is 31.6. The van der Waals surface area contributed by atoms with E-state index in [9.17, 15) is 36.6 Å². The molecule has 1 aromatic heterocycles. The lowest BCUT2D eigenvalue weighted by molar-refractivity contribution is -0.137. The lowest BCUT2D eigenvalue weighted by Gasteiger charge is -2.31. The van der Waals surface area contributed by atoms with Crippen molar-refractivity contribution in [2.75, 3.05) is 20.1 Å². The Balaban J connectivity index is 1.46. The number of aliphatic hydroxyl groups excluding tert-OH is 1. The number of aliphatic hydroxyl groups is 1. The number of hydrogen-bond acceptors (Lipinski definition) is 6. The third-order valence-corrected chi connectivity index (χ3v) is 9.23. The van der Waals surface area contributed by atoms with Crippen molar-refractivity contribution in [1.29, 1.82) is 0 Å². The van der Waals surface area contributed by atoms with Gasteiger partial charge >= 0.3 is 12.1 Å². The highest BCUT2D eigenvalue weighted by atomic mass is 32.2. The van der Waals surface area contributed by atoms with Crippen LogP contribution in [0.5, 0.6) is 0 Å². The molecule has 0 fully saturated rings. The molecule has 0 bridgehead atoms. The number of nitrogens with one attached hydrogen (secondary N) is 1. The van der Waals surface area contributed by atoms with Crippen LogP contribution in [0.2, 0.25) is 0 Å². The second kappa shape index (κ2) is 12.1. The summed E-state index contributed by atoms with van der Waals surface area (Å²) in [5.41, 5.74) is 0.366. The van der Waals surface area contributed by atoms with Gasteiger partial charge in [0.15, 0.2) is 0 Å². The SMILES string of the molecule is CN(CC(O)CNC(C)(C)CC1Cc2ccccc2C1)S(=O)(=O)c1cc(-c2cccc(C(=O)O)n2)cc(C(F)(F)F)c1. The van der Waals surface area contributed by atoms with Crippen molar-refractivity contribution in [2.45, 2.75) is 55.8 Å². The van der Waals surface area contributed by atoms with Gasteiger partial charge in [-0.25, -0.2) is 18.2 Å². The highest BCUT2D eigenvalue weighted by Gasteiger charge is 2.34. The molecule has 42 heavy (non-hydrogen) atoms. The minimum Gasteiger partial charge on any atom is -0.477 e. The Morgan fingerprint density at radius 2 is 1.71 bits per heavy atom. The summed E-state index contributed by atoms with van der Waals surface area (Å²) in [6.07, 6.45) is -3.23. The van der Waals surface area contributed by atoms with E-state index in [0.717, 1.165) is 35.7 Å². The van der Waals surface area contributed by atoms with Crippen LogP contribution < -0.4 is 5.32 Å². The zero-order valence-electron chi connectivity index (χ0n) is 23.5. The normalized spacial score (nSPS) is 15.1. The predicted molar refractivity (Wildman–Crippen MR) is 151 cm³/mol. The number of β-amino-alcohol motifs (C(OH)–C–C–N with tert-alkyl or cyclic N) is 1. The standard InChI is InChI=1S/C30H34F3N3O5S/c1-29(2,16-19-11-20-7-4-5-8-21(20)12-19)34-17-24(37)18-36(3)42(40,41)25-14-22(13-23(15-25)30(31,32)33)26-9-6-10-27(35-26)28(38)39/h4-10,13-15,19,24,34,37H,11-12,16-18H2,1-3H3,(H,38,39). The number of pyridine rings is 1. The van der Waals surface area contributed by atoms with Gasteiger partial charge in [-0.1, -0.05) is 30.3 Å². The zero-order valence-corrected chi connectivity index (χ0v) is 24.3. The fourth-order valence-electron chi connectivity index (χ4n) is 5.40. The van der Waals surface area contributed by atoms with E-state index < -0.39 is 44.4 Å². The Labute approximate surface area is 243 Å². The van der Waals surface area contributed by atoms with E-state index in [0.29, 0.717) is 12.0 Å². The van der Waals surface area contributed by atoms with E-state index in [1.807, 2.05) is 26.0 Å². The van der Waals surface area contributed by atoms with Crippen LogP contribution >= 0.6 is 0 Å². The number of carboxylic acid groups (broad SMARTS) is 1. The maximum Gasteiger partial charge on any atom is 0.416 e. The van der Waals surface area contributed by atoms with Crippen molar-refractivity contribution in [3.05, 3.63) is 83.0 Å². The van der Waals surface area contributed by atoms with Gasteiger partial charge in [-0.3, -0.25) is 0 Å². The first-order chi connectivity index (χ1) is 19.5. The van der Waals surface area contributed by atoms with Crippen LogP contribution in [0, 0.1) is 5.92 Å². The number of sulfonamides is 1. The van der Waals surface area contributed by atoms with Gasteiger partial charge in [-0.2, -0.15) is 17.5 Å². The fourth-order valence-corrected chi connectivity index (χ4v) is 6.68. The number of carbonyl (C=O) groups is 1. The van der Waals surface area contributed by atoms with Crippen LogP contribution in [-0.2, 0) is 29.0 Å². The van der Waals surface area contributed by atoms with Crippen LogP contribution in [0.1, 0.15) is 47.4 Å². The second-order valence-corrected chi connectivity index (χ2v) is 13.5. The minimum atomic E-state index is -4.88. The number of nitrogens with zero attached hydrogens (tertiary/aromatic N) is 2. The van der Waals surface area contributed by atoms with Gasteiger partial charge in [-0.15, -0.1) is 0 Å². The summed E-state index contributed by atoms with van der Waals surface area (Å²) < 4.78 is 68.7. The third-order valence-electron chi connectivity index (χ3n) is 7.42. The van der Waals surface area contributed by atoms with E-state index in [4.69, 9.17) is 0 Å². The highest BCUT2D eigenvalue weighted by Crippen LogP contribution is 2.35. The number of likely N-dealkylation sites (N-methyl/N-ethyl adjacent to an activating group) is 1. The van der Waals surface area contributed by atoms with Crippen molar-refractivity contribution in [2.24, 2.45) is 5.92 Å². The smallest absolute Gasteiger partial charge is 0.416 e. The molecule has 0 amide bonds. The van der Waals surface area contributed by atoms with Crippen molar-refractivity contribution in [3.63, 3.8) is 0 Å². The van der Waals surface area contributed by atoms with Gasteiger partial charge in [0.2, 0.25) is 10.0 Å². The summed E-state index contributed by atoms with van der Waals surface area (Å²) in [5.74, 6) is -0.943. The number of fused-ring (bicyclic) bond motifs is 1. The van der Waals surface area contributed by atoms with E-state index in [-0.39, 0.29) is 29.9 Å². The lowest BCUT2D eigenvalue weighted by atomic mass is 9.88. The highest BCUT2D eigenvalue weighted by molar-refractivity contribution is 7.89. The summed E-state index contributed by atoms with van der Waals surface area (Å²) in [6.45, 7) is 3.74. The number of aromatic carboxylic acids is 1. The summed E-state index contributed by atoms with van der Waals surface area (Å²) >= 11 is 0. The second-order valence-electron chi connectivity index (χ2n) is 11.4. The molecule has 2 aromatic carbocycles. The molecule has 0 radical (unpaired) electrons. The van der Waals surface area contributed by atoms with Crippen LogP contribution in [0.25, 0.3) is 11.3 Å². The van der Waals surface area contributed by atoms with Gasteiger partial charge in [-0.05, 0) is 80.5 Å². The number of halogens is 3. The van der Waals surface area contributed by atoms with E-state index >= 15 is 0 Å². The monoisotopic (exact) mass is 605 g/mol. The van der Waals surface area contributed by atoms with Gasteiger partial charge in [0.25, 0.3) is 0 Å². The van der Waals surface area contributed by atoms with Crippen molar-refractivity contribution < 1.29 is 36.6 Å². The maximum absolute atomic E-state index is 13.7. The Morgan fingerprint density at radius 3 is 2.31 bits per heavy atom.